The molecule has 1 aliphatic heterocycles. The first-order chi connectivity index (χ1) is 8.45. The van der Waals surface area contributed by atoms with Crippen LogP contribution in [0.25, 0.3) is 0 Å². The molecule has 0 bridgehead atoms. The van der Waals surface area contributed by atoms with Crippen LogP contribution >= 0.6 is 0 Å². The molecule has 7 heteroatoms. The van der Waals surface area contributed by atoms with Crippen molar-refractivity contribution in [1.82, 2.24) is 19.2 Å². The van der Waals surface area contributed by atoms with Gasteiger partial charge in [-0.15, -0.1) is 0 Å². The SMILES string of the molecule is CCn1cc(S(=O)(=O)N2CCN[C@H](C)C2)nc1C. The second-order valence-electron chi connectivity index (χ2n) is 4.63. The summed E-state index contributed by atoms with van der Waals surface area (Å²) in [5, 5.41) is 3.39. The molecule has 2 rings (SSSR count). The Labute approximate surface area is 108 Å². The quantitative estimate of drug-likeness (QED) is 0.853. The predicted octanol–water partition coefficient (Wildman–Crippen LogP) is 0.194. The van der Waals surface area contributed by atoms with E-state index >= 15 is 0 Å². The molecule has 1 N–H and O–H groups in total. The monoisotopic (exact) mass is 272 g/mol. The molecular weight excluding hydrogens is 252 g/mol. The van der Waals surface area contributed by atoms with Crippen LogP contribution in [0.3, 0.4) is 0 Å². The summed E-state index contributed by atoms with van der Waals surface area (Å²) in [5.41, 5.74) is 0. The van der Waals surface area contributed by atoms with Crippen molar-refractivity contribution in [3.05, 3.63) is 12.0 Å². The van der Waals surface area contributed by atoms with Gasteiger partial charge in [-0.05, 0) is 20.8 Å². The first-order valence-corrected chi connectivity index (χ1v) is 7.66. The van der Waals surface area contributed by atoms with E-state index in [0.717, 1.165) is 12.4 Å². The number of piperazine rings is 1. The average Bonchev–Trinajstić information content (AvgIpc) is 2.71. The summed E-state index contributed by atoms with van der Waals surface area (Å²) >= 11 is 0. The molecule has 0 aliphatic carbocycles. The Hall–Kier alpha value is -0.920. The van der Waals surface area contributed by atoms with Gasteiger partial charge < -0.3 is 9.88 Å². The molecule has 2 heterocycles. The maximum atomic E-state index is 12.4. The average molecular weight is 272 g/mol. The lowest BCUT2D eigenvalue weighted by Crippen LogP contribution is -2.51. The zero-order chi connectivity index (χ0) is 13.3. The van der Waals surface area contributed by atoms with E-state index in [1.807, 2.05) is 25.3 Å². The van der Waals surface area contributed by atoms with Gasteiger partial charge in [-0.1, -0.05) is 0 Å². The molecule has 1 aromatic rings. The number of nitrogens with zero attached hydrogens (tertiary/aromatic N) is 3. The van der Waals surface area contributed by atoms with Gasteiger partial charge in [0.25, 0.3) is 10.0 Å². The summed E-state index contributed by atoms with van der Waals surface area (Å²) in [6, 6.07) is 0.183. The molecule has 0 saturated carbocycles. The van der Waals surface area contributed by atoms with Crippen molar-refractivity contribution >= 4 is 10.0 Å². The molecule has 0 unspecified atom stereocenters. The van der Waals surface area contributed by atoms with Crippen molar-refractivity contribution in [1.29, 1.82) is 0 Å². The normalized spacial score (nSPS) is 22.3. The summed E-state index contributed by atoms with van der Waals surface area (Å²) < 4.78 is 28.2. The molecule has 1 saturated heterocycles. The molecule has 0 radical (unpaired) electrons. The van der Waals surface area contributed by atoms with E-state index in [2.05, 4.69) is 10.3 Å². The van der Waals surface area contributed by atoms with E-state index in [1.54, 1.807) is 6.20 Å². The molecule has 1 aromatic heterocycles. The zero-order valence-electron chi connectivity index (χ0n) is 11.0. The van der Waals surface area contributed by atoms with Crippen LogP contribution < -0.4 is 5.32 Å². The number of hydrogen-bond donors (Lipinski definition) is 1. The third kappa shape index (κ3) is 2.43. The smallest absolute Gasteiger partial charge is 0.262 e. The Balaban J connectivity index is 2.29. The van der Waals surface area contributed by atoms with Crippen LogP contribution in [-0.4, -0.2) is 48.0 Å². The van der Waals surface area contributed by atoms with Gasteiger partial charge in [0.2, 0.25) is 0 Å². The third-order valence-electron chi connectivity index (χ3n) is 3.23. The summed E-state index contributed by atoms with van der Waals surface area (Å²) in [7, 11) is -3.45. The molecule has 0 amide bonds. The van der Waals surface area contributed by atoms with Crippen LogP contribution in [-0.2, 0) is 16.6 Å². The number of hydrogen-bond acceptors (Lipinski definition) is 4. The number of imidazole rings is 1. The molecule has 0 spiro atoms. The van der Waals surface area contributed by atoms with E-state index < -0.39 is 10.0 Å². The Morgan fingerprint density at radius 2 is 2.28 bits per heavy atom. The molecule has 1 fully saturated rings. The van der Waals surface area contributed by atoms with Crippen molar-refractivity contribution in [3.8, 4) is 0 Å². The summed E-state index contributed by atoms with van der Waals surface area (Å²) in [6.45, 7) is 8.20. The number of sulfonamides is 1. The summed E-state index contributed by atoms with van der Waals surface area (Å²) in [5.74, 6) is 0.735. The zero-order valence-corrected chi connectivity index (χ0v) is 11.9. The lowest BCUT2D eigenvalue weighted by atomic mass is 10.3. The highest BCUT2D eigenvalue weighted by molar-refractivity contribution is 7.89. The van der Waals surface area contributed by atoms with Crippen molar-refractivity contribution in [3.63, 3.8) is 0 Å². The van der Waals surface area contributed by atoms with E-state index in [1.165, 1.54) is 4.31 Å². The van der Waals surface area contributed by atoms with Gasteiger partial charge >= 0.3 is 0 Å². The minimum Gasteiger partial charge on any atom is -0.334 e. The summed E-state index contributed by atoms with van der Waals surface area (Å²) in [6.07, 6.45) is 1.62. The van der Waals surface area contributed by atoms with Crippen LogP contribution in [0.4, 0.5) is 0 Å². The predicted molar refractivity (Wildman–Crippen MR) is 68.9 cm³/mol. The van der Waals surface area contributed by atoms with E-state index in [-0.39, 0.29) is 11.1 Å². The fourth-order valence-electron chi connectivity index (χ4n) is 2.17. The molecule has 1 aliphatic rings. The molecule has 6 nitrogen and oxygen atoms in total. The fourth-order valence-corrected chi connectivity index (χ4v) is 3.70. The number of aryl methyl sites for hydroxylation is 2. The topological polar surface area (TPSA) is 67.2 Å². The van der Waals surface area contributed by atoms with Gasteiger partial charge in [-0.25, -0.2) is 13.4 Å². The van der Waals surface area contributed by atoms with E-state index in [0.29, 0.717) is 19.6 Å². The number of nitrogens with one attached hydrogen (secondary N) is 1. The van der Waals surface area contributed by atoms with Gasteiger partial charge in [0, 0.05) is 38.4 Å². The van der Waals surface area contributed by atoms with Crippen LogP contribution in [0.2, 0.25) is 0 Å². The molecule has 18 heavy (non-hydrogen) atoms. The highest BCUT2D eigenvalue weighted by Gasteiger charge is 2.30. The number of rotatable bonds is 3. The second-order valence-corrected chi connectivity index (χ2v) is 6.52. The highest BCUT2D eigenvalue weighted by atomic mass is 32.2. The Kier molecular flexibility index (Phi) is 3.74. The molecule has 1 atom stereocenters. The maximum absolute atomic E-state index is 12.4. The number of aromatic nitrogens is 2. The van der Waals surface area contributed by atoms with Gasteiger partial charge in [-0.2, -0.15) is 4.31 Å². The van der Waals surface area contributed by atoms with Crippen LogP contribution in [0.1, 0.15) is 19.7 Å². The summed E-state index contributed by atoms with van der Waals surface area (Å²) in [4.78, 5) is 4.17. The lowest BCUT2D eigenvalue weighted by Gasteiger charge is -2.30. The van der Waals surface area contributed by atoms with Gasteiger partial charge in [0.15, 0.2) is 5.03 Å². The fraction of sp³-hybridized carbons (Fsp3) is 0.727. The van der Waals surface area contributed by atoms with Gasteiger partial charge in [0.05, 0.1) is 0 Å². The Morgan fingerprint density at radius 1 is 1.56 bits per heavy atom. The maximum Gasteiger partial charge on any atom is 0.262 e. The first-order valence-electron chi connectivity index (χ1n) is 6.22. The van der Waals surface area contributed by atoms with Crippen molar-refractivity contribution in [2.75, 3.05) is 19.6 Å². The second kappa shape index (κ2) is 4.99. The molecular formula is C11H20N4O2S. The Bertz CT molecular complexity index is 523. The van der Waals surface area contributed by atoms with Gasteiger partial charge in [0.1, 0.15) is 5.82 Å². The first kappa shape index (κ1) is 13.5. The highest BCUT2D eigenvalue weighted by Crippen LogP contribution is 2.16. The standard InChI is InChI=1S/C11H20N4O2S/c1-4-14-8-11(13-10(14)3)18(16,17)15-6-5-12-9(2)7-15/h8-9,12H,4-7H2,1-3H3/t9-/m1/s1. The van der Waals surface area contributed by atoms with Crippen LogP contribution in [0.5, 0.6) is 0 Å². The lowest BCUT2D eigenvalue weighted by molar-refractivity contribution is 0.309. The van der Waals surface area contributed by atoms with Crippen LogP contribution in [0, 0.1) is 6.92 Å². The van der Waals surface area contributed by atoms with Crippen molar-refractivity contribution < 1.29 is 8.42 Å². The Morgan fingerprint density at radius 3 is 2.83 bits per heavy atom. The van der Waals surface area contributed by atoms with E-state index in [9.17, 15) is 8.42 Å². The van der Waals surface area contributed by atoms with Crippen molar-refractivity contribution in [2.45, 2.75) is 38.4 Å². The third-order valence-corrected chi connectivity index (χ3v) is 4.97. The van der Waals surface area contributed by atoms with Crippen molar-refractivity contribution in [2.24, 2.45) is 0 Å². The van der Waals surface area contributed by atoms with Gasteiger partial charge in [-0.3, -0.25) is 0 Å². The molecule has 0 aromatic carbocycles. The minimum absolute atomic E-state index is 0.163. The molecule has 102 valence electrons. The van der Waals surface area contributed by atoms with E-state index in [4.69, 9.17) is 0 Å². The van der Waals surface area contributed by atoms with Crippen LogP contribution in [0.15, 0.2) is 11.2 Å². The largest absolute Gasteiger partial charge is 0.334 e. The minimum atomic E-state index is -3.45.